The van der Waals surface area contributed by atoms with Gasteiger partial charge in [-0.2, -0.15) is 0 Å². The SMILES string of the molecule is CC(N)(c1ccc2c(c1)OCO2)c1ccccn1. The molecule has 0 aliphatic carbocycles. The first-order valence-corrected chi connectivity index (χ1v) is 5.78. The van der Waals surface area contributed by atoms with Crippen molar-refractivity contribution in [2.24, 2.45) is 5.73 Å². The zero-order valence-electron chi connectivity index (χ0n) is 10.1. The molecule has 4 heteroatoms. The Hall–Kier alpha value is -2.07. The molecular weight excluding hydrogens is 228 g/mol. The van der Waals surface area contributed by atoms with E-state index in [0.29, 0.717) is 0 Å². The lowest BCUT2D eigenvalue weighted by molar-refractivity contribution is 0.174. The summed E-state index contributed by atoms with van der Waals surface area (Å²) in [4.78, 5) is 4.32. The standard InChI is InChI=1S/C14H14N2O2/c1-14(15,13-4-2-3-7-16-13)10-5-6-11-12(8-10)18-9-17-11/h2-8H,9,15H2,1H3. The number of rotatable bonds is 2. The van der Waals surface area contributed by atoms with Crippen molar-refractivity contribution >= 4 is 0 Å². The number of hydrogen-bond donors (Lipinski definition) is 1. The number of ether oxygens (including phenoxy) is 2. The van der Waals surface area contributed by atoms with Gasteiger partial charge < -0.3 is 15.2 Å². The Morgan fingerprint density at radius 2 is 2.00 bits per heavy atom. The maximum Gasteiger partial charge on any atom is 0.231 e. The molecule has 1 unspecified atom stereocenters. The van der Waals surface area contributed by atoms with Crippen molar-refractivity contribution in [1.29, 1.82) is 0 Å². The lowest BCUT2D eigenvalue weighted by Gasteiger charge is -2.24. The van der Waals surface area contributed by atoms with Gasteiger partial charge >= 0.3 is 0 Å². The Morgan fingerprint density at radius 1 is 1.17 bits per heavy atom. The van der Waals surface area contributed by atoms with Crippen LogP contribution in [0.4, 0.5) is 0 Å². The predicted molar refractivity (Wildman–Crippen MR) is 67.4 cm³/mol. The molecule has 0 bridgehead atoms. The van der Waals surface area contributed by atoms with Crippen LogP contribution in [-0.2, 0) is 5.54 Å². The van der Waals surface area contributed by atoms with E-state index in [1.165, 1.54) is 0 Å². The van der Waals surface area contributed by atoms with E-state index in [-0.39, 0.29) is 6.79 Å². The van der Waals surface area contributed by atoms with Gasteiger partial charge in [-0.05, 0) is 36.8 Å². The lowest BCUT2D eigenvalue weighted by Crippen LogP contribution is -2.35. The quantitative estimate of drug-likeness (QED) is 0.875. The van der Waals surface area contributed by atoms with Gasteiger partial charge in [0.25, 0.3) is 0 Å². The first-order chi connectivity index (χ1) is 8.68. The number of nitrogens with zero attached hydrogens (tertiary/aromatic N) is 1. The molecule has 2 N–H and O–H groups in total. The minimum absolute atomic E-state index is 0.268. The van der Waals surface area contributed by atoms with Crippen molar-refractivity contribution in [3.8, 4) is 11.5 Å². The van der Waals surface area contributed by atoms with Gasteiger partial charge in [-0.15, -0.1) is 0 Å². The molecule has 0 saturated carbocycles. The largest absolute Gasteiger partial charge is 0.454 e. The van der Waals surface area contributed by atoms with Gasteiger partial charge in [0.2, 0.25) is 6.79 Å². The maximum absolute atomic E-state index is 6.39. The predicted octanol–water partition coefficient (Wildman–Crippen LogP) is 2.03. The first kappa shape index (κ1) is 11.0. The first-order valence-electron chi connectivity index (χ1n) is 5.78. The summed E-state index contributed by atoms with van der Waals surface area (Å²) < 4.78 is 10.7. The van der Waals surface area contributed by atoms with Crippen LogP contribution in [0.2, 0.25) is 0 Å². The summed E-state index contributed by atoms with van der Waals surface area (Å²) in [6.45, 7) is 2.20. The van der Waals surface area contributed by atoms with Crippen LogP contribution in [0, 0.1) is 0 Å². The van der Waals surface area contributed by atoms with Gasteiger partial charge in [0.15, 0.2) is 11.5 Å². The number of aromatic nitrogens is 1. The summed E-state index contributed by atoms with van der Waals surface area (Å²) >= 11 is 0. The molecule has 1 aliphatic heterocycles. The van der Waals surface area contributed by atoms with Crippen molar-refractivity contribution in [2.45, 2.75) is 12.5 Å². The molecule has 0 radical (unpaired) electrons. The fourth-order valence-electron chi connectivity index (χ4n) is 2.04. The lowest BCUT2D eigenvalue weighted by atomic mass is 9.89. The number of fused-ring (bicyclic) bond motifs is 1. The normalized spacial score (nSPS) is 16.3. The topological polar surface area (TPSA) is 57.4 Å². The zero-order valence-corrected chi connectivity index (χ0v) is 10.1. The van der Waals surface area contributed by atoms with Gasteiger partial charge in [-0.1, -0.05) is 12.1 Å². The molecule has 18 heavy (non-hydrogen) atoms. The highest BCUT2D eigenvalue weighted by molar-refractivity contribution is 5.48. The molecule has 1 atom stereocenters. The monoisotopic (exact) mass is 242 g/mol. The second-order valence-electron chi connectivity index (χ2n) is 4.49. The Kier molecular flexibility index (Phi) is 2.45. The van der Waals surface area contributed by atoms with E-state index in [9.17, 15) is 0 Å². The highest BCUT2D eigenvalue weighted by Crippen LogP contribution is 2.36. The molecule has 4 nitrogen and oxygen atoms in total. The van der Waals surface area contributed by atoms with Gasteiger partial charge in [0.1, 0.15) is 0 Å². The number of pyridine rings is 1. The van der Waals surface area contributed by atoms with Gasteiger partial charge in [-0.3, -0.25) is 4.98 Å². The fraction of sp³-hybridized carbons (Fsp3) is 0.214. The smallest absolute Gasteiger partial charge is 0.231 e. The third-order valence-corrected chi connectivity index (χ3v) is 3.17. The number of benzene rings is 1. The van der Waals surface area contributed by atoms with Crippen molar-refractivity contribution in [3.05, 3.63) is 53.9 Å². The molecule has 2 heterocycles. The fourth-order valence-corrected chi connectivity index (χ4v) is 2.04. The molecule has 2 aromatic rings. The number of nitrogens with two attached hydrogens (primary N) is 1. The Bertz CT molecular complexity index is 567. The molecule has 92 valence electrons. The van der Waals surface area contributed by atoms with Gasteiger partial charge in [0, 0.05) is 6.20 Å². The minimum atomic E-state index is -0.651. The molecule has 1 aromatic heterocycles. The summed E-state index contributed by atoms with van der Waals surface area (Å²) in [7, 11) is 0. The highest BCUT2D eigenvalue weighted by atomic mass is 16.7. The van der Waals surface area contributed by atoms with Crippen LogP contribution in [-0.4, -0.2) is 11.8 Å². The van der Waals surface area contributed by atoms with E-state index in [2.05, 4.69) is 4.98 Å². The molecule has 0 amide bonds. The second-order valence-corrected chi connectivity index (χ2v) is 4.49. The van der Waals surface area contributed by atoms with Crippen LogP contribution in [0.3, 0.4) is 0 Å². The highest BCUT2D eigenvalue weighted by Gasteiger charge is 2.27. The molecule has 0 saturated heterocycles. The summed E-state index contributed by atoms with van der Waals surface area (Å²) in [5.41, 5.74) is 7.52. The van der Waals surface area contributed by atoms with E-state index < -0.39 is 5.54 Å². The third kappa shape index (κ3) is 1.71. The van der Waals surface area contributed by atoms with Crippen molar-refractivity contribution in [3.63, 3.8) is 0 Å². The van der Waals surface area contributed by atoms with Crippen molar-refractivity contribution in [1.82, 2.24) is 4.98 Å². The van der Waals surface area contributed by atoms with Crippen LogP contribution in [0.25, 0.3) is 0 Å². The van der Waals surface area contributed by atoms with E-state index in [1.54, 1.807) is 6.20 Å². The van der Waals surface area contributed by atoms with Crippen LogP contribution in [0.1, 0.15) is 18.2 Å². The molecule has 0 fully saturated rings. The van der Waals surface area contributed by atoms with Crippen LogP contribution >= 0.6 is 0 Å². The maximum atomic E-state index is 6.39. The molecular formula is C14H14N2O2. The van der Waals surface area contributed by atoms with E-state index in [0.717, 1.165) is 22.8 Å². The van der Waals surface area contributed by atoms with E-state index >= 15 is 0 Å². The van der Waals surface area contributed by atoms with Crippen LogP contribution < -0.4 is 15.2 Å². The summed E-state index contributed by atoms with van der Waals surface area (Å²) in [6.07, 6.45) is 1.74. The molecule has 1 aromatic carbocycles. The minimum Gasteiger partial charge on any atom is -0.454 e. The Morgan fingerprint density at radius 3 is 2.78 bits per heavy atom. The zero-order chi connectivity index (χ0) is 12.6. The van der Waals surface area contributed by atoms with E-state index in [1.807, 2.05) is 43.3 Å². The van der Waals surface area contributed by atoms with Crippen LogP contribution in [0.5, 0.6) is 11.5 Å². The Balaban J connectivity index is 2.04. The Labute approximate surface area is 105 Å². The molecule has 1 aliphatic rings. The van der Waals surface area contributed by atoms with Gasteiger partial charge in [0.05, 0.1) is 11.2 Å². The average Bonchev–Trinajstić information content (AvgIpc) is 2.87. The average molecular weight is 242 g/mol. The summed E-state index contributed by atoms with van der Waals surface area (Å²) in [5.74, 6) is 1.50. The van der Waals surface area contributed by atoms with Gasteiger partial charge in [-0.25, -0.2) is 0 Å². The molecule has 0 spiro atoms. The van der Waals surface area contributed by atoms with Crippen molar-refractivity contribution in [2.75, 3.05) is 6.79 Å². The third-order valence-electron chi connectivity index (χ3n) is 3.17. The second kappa shape index (κ2) is 3.99. The van der Waals surface area contributed by atoms with Crippen molar-refractivity contribution < 1.29 is 9.47 Å². The van der Waals surface area contributed by atoms with E-state index in [4.69, 9.17) is 15.2 Å². The molecule has 3 rings (SSSR count). The summed E-state index contributed by atoms with van der Waals surface area (Å²) in [6, 6.07) is 11.5. The van der Waals surface area contributed by atoms with Crippen LogP contribution in [0.15, 0.2) is 42.6 Å². The number of hydrogen-bond acceptors (Lipinski definition) is 4. The summed E-state index contributed by atoms with van der Waals surface area (Å²) in [5, 5.41) is 0.